The molecule has 0 aliphatic carbocycles. The third-order valence-electron chi connectivity index (χ3n) is 2.63. The van der Waals surface area contributed by atoms with E-state index in [2.05, 4.69) is 6.07 Å². The second-order valence-electron chi connectivity index (χ2n) is 3.77. The molecule has 78 valence electrons. The van der Waals surface area contributed by atoms with Crippen molar-refractivity contribution in [1.29, 1.82) is 5.26 Å². The van der Waals surface area contributed by atoms with Crippen LogP contribution >= 0.6 is 0 Å². The summed E-state index contributed by atoms with van der Waals surface area (Å²) in [4.78, 5) is 1.88. The molecule has 0 spiro atoms. The molecule has 1 aromatic carbocycles. The van der Waals surface area contributed by atoms with E-state index in [1.807, 2.05) is 4.90 Å². The van der Waals surface area contributed by atoms with E-state index in [0.717, 1.165) is 0 Å². The summed E-state index contributed by atoms with van der Waals surface area (Å²) in [6, 6.07) is 8.10. The summed E-state index contributed by atoms with van der Waals surface area (Å²) < 4.78 is 13.4. The summed E-state index contributed by atoms with van der Waals surface area (Å²) in [5, 5.41) is 9.03. The van der Waals surface area contributed by atoms with Crippen LogP contribution in [0.25, 0.3) is 0 Å². The molecule has 1 atom stereocenters. The van der Waals surface area contributed by atoms with Crippen LogP contribution in [0.2, 0.25) is 0 Å². The monoisotopic (exact) mass is 205 g/mol. The number of nitrogens with two attached hydrogens (primary N) is 1. The van der Waals surface area contributed by atoms with Crippen molar-refractivity contribution in [1.82, 2.24) is 4.90 Å². The molecular weight excluding hydrogens is 193 g/mol. The first-order chi connectivity index (χ1) is 7.22. The SMILES string of the molecule is N#C[C@@H](c1ccccc1F)N1CC(N)C1. The largest absolute Gasteiger partial charge is 0.325 e. The molecule has 1 heterocycles. The van der Waals surface area contributed by atoms with Gasteiger partial charge in [0.1, 0.15) is 11.9 Å². The first kappa shape index (κ1) is 10.1. The fraction of sp³-hybridized carbons (Fsp3) is 0.364. The zero-order valence-corrected chi connectivity index (χ0v) is 8.23. The quantitative estimate of drug-likeness (QED) is 0.784. The van der Waals surface area contributed by atoms with E-state index in [9.17, 15) is 4.39 Å². The lowest BCUT2D eigenvalue weighted by Gasteiger charge is -2.39. The Morgan fingerprint density at radius 2 is 2.13 bits per heavy atom. The van der Waals surface area contributed by atoms with Gasteiger partial charge in [0.2, 0.25) is 0 Å². The van der Waals surface area contributed by atoms with Crippen molar-refractivity contribution in [3.63, 3.8) is 0 Å². The normalized spacial score (nSPS) is 19.3. The van der Waals surface area contributed by atoms with Crippen molar-refractivity contribution >= 4 is 0 Å². The van der Waals surface area contributed by atoms with Crippen LogP contribution < -0.4 is 5.73 Å². The van der Waals surface area contributed by atoms with Gasteiger partial charge in [-0.05, 0) is 6.07 Å². The third kappa shape index (κ3) is 1.84. The molecular formula is C11H12FN3. The maximum absolute atomic E-state index is 13.4. The summed E-state index contributed by atoms with van der Waals surface area (Å²) in [5.74, 6) is -0.329. The molecule has 1 aliphatic heterocycles. The van der Waals surface area contributed by atoms with Crippen molar-refractivity contribution < 1.29 is 4.39 Å². The molecule has 3 nitrogen and oxygen atoms in total. The van der Waals surface area contributed by atoms with E-state index in [4.69, 9.17) is 11.0 Å². The van der Waals surface area contributed by atoms with Crippen LogP contribution in [0.3, 0.4) is 0 Å². The molecule has 0 amide bonds. The van der Waals surface area contributed by atoms with Crippen LogP contribution in [0.4, 0.5) is 4.39 Å². The van der Waals surface area contributed by atoms with E-state index in [-0.39, 0.29) is 11.9 Å². The van der Waals surface area contributed by atoms with E-state index >= 15 is 0 Å². The maximum Gasteiger partial charge on any atom is 0.129 e. The molecule has 2 rings (SSSR count). The topological polar surface area (TPSA) is 53.0 Å². The van der Waals surface area contributed by atoms with Gasteiger partial charge < -0.3 is 5.73 Å². The van der Waals surface area contributed by atoms with Crippen LogP contribution in [0.1, 0.15) is 11.6 Å². The molecule has 0 radical (unpaired) electrons. The second kappa shape index (κ2) is 3.97. The van der Waals surface area contributed by atoms with Gasteiger partial charge >= 0.3 is 0 Å². The highest BCUT2D eigenvalue weighted by molar-refractivity contribution is 5.26. The Balaban J connectivity index is 2.21. The van der Waals surface area contributed by atoms with E-state index < -0.39 is 6.04 Å². The second-order valence-corrected chi connectivity index (χ2v) is 3.77. The van der Waals surface area contributed by atoms with Gasteiger partial charge in [-0.25, -0.2) is 4.39 Å². The van der Waals surface area contributed by atoms with Crippen molar-refractivity contribution in [2.75, 3.05) is 13.1 Å². The van der Waals surface area contributed by atoms with Gasteiger partial charge in [0, 0.05) is 24.7 Å². The zero-order valence-electron chi connectivity index (χ0n) is 8.23. The van der Waals surface area contributed by atoms with Gasteiger partial charge in [0.05, 0.1) is 6.07 Å². The Kier molecular flexibility index (Phi) is 2.67. The summed E-state index contributed by atoms with van der Waals surface area (Å²) in [7, 11) is 0. The molecule has 0 aromatic heterocycles. The minimum absolute atomic E-state index is 0.118. The van der Waals surface area contributed by atoms with Crippen molar-refractivity contribution in [3.05, 3.63) is 35.6 Å². The fourth-order valence-electron chi connectivity index (χ4n) is 1.80. The standard InChI is InChI=1S/C11H12FN3/c12-10-4-2-1-3-9(10)11(5-13)15-6-8(14)7-15/h1-4,8,11H,6-7,14H2/t11-/m0/s1. The molecule has 4 heteroatoms. The van der Waals surface area contributed by atoms with Gasteiger partial charge in [-0.1, -0.05) is 18.2 Å². The number of nitrogens with zero attached hydrogens (tertiary/aromatic N) is 2. The minimum Gasteiger partial charge on any atom is -0.325 e. The number of nitriles is 1. The maximum atomic E-state index is 13.4. The van der Waals surface area contributed by atoms with Crippen molar-refractivity contribution in [3.8, 4) is 6.07 Å². The van der Waals surface area contributed by atoms with Gasteiger partial charge in [-0.15, -0.1) is 0 Å². The van der Waals surface area contributed by atoms with Crippen LogP contribution in [0, 0.1) is 17.1 Å². The zero-order chi connectivity index (χ0) is 10.8. The highest BCUT2D eigenvalue weighted by atomic mass is 19.1. The van der Waals surface area contributed by atoms with Crippen LogP contribution in [-0.4, -0.2) is 24.0 Å². The first-order valence-corrected chi connectivity index (χ1v) is 4.86. The lowest BCUT2D eigenvalue weighted by molar-refractivity contribution is 0.119. The lowest BCUT2D eigenvalue weighted by Crippen LogP contribution is -2.56. The predicted octanol–water partition coefficient (Wildman–Crippen LogP) is 1.03. The molecule has 1 fully saturated rings. The number of hydrogen-bond donors (Lipinski definition) is 1. The van der Waals surface area contributed by atoms with Gasteiger partial charge in [-0.3, -0.25) is 4.90 Å². The summed E-state index contributed by atoms with van der Waals surface area (Å²) in [6.07, 6.45) is 0. The number of benzene rings is 1. The summed E-state index contributed by atoms with van der Waals surface area (Å²) in [5.41, 5.74) is 6.07. The van der Waals surface area contributed by atoms with Crippen LogP contribution in [-0.2, 0) is 0 Å². The molecule has 1 aliphatic rings. The third-order valence-corrected chi connectivity index (χ3v) is 2.63. The first-order valence-electron chi connectivity index (χ1n) is 4.86. The Hall–Kier alpha value is -1.44. The summed E-state index contributed by atoms with van der Waals surface area (Å²) in [6.45, 7) is 1.32. The Morgan fingerprint density at radius 1 is 1.47 bits per heavy atom. The molecule has 1 aromatic rings. The predicted molar refractivity (Wildman–Crippen MR) is 54.3 cm³/mol. The van der Waals surface area contributed by atoms with E-state index in [1.165, 1.54) is 6.07 Å². The van der Waals surface area contributed by atoms with Crippen LogP contribution in [0.5, 0.6) is 0 Å². The van der Waals surface area contributed by atoms with Crippen LogP contribution in [0.15, 0.2) is 24.3 Å². The number of rotatable bonds is 2. The molecule has 0 bridgehead atoms. The van der Waals surface area contributed by atoms with Gasteiger partial charge in [0.15, 0.2) is 0 Å². The highest BCUT2D eigenvalue weighted by Gasteiger charge is 2.31. The number of halogens is 1. The smallest absolute Gasteiger partial charge is 0.129 e. The molecule has 2 N–H and O–H groups in total. The fourth-order valence-corrected chi connectivity index (χ4v) is 1.80. The minimum atomic E-state index is -0.508. The van der Waals surface area contributed by atoms with Gasteiger partial charge in [0.25, 0.3) is 0 Å². The Bertz CT molecular complexity index is 393. The Morgan fingerprint density at radius 3 is 2.67 bits per heavy atom. The number of hydrogen-bond acceptors (Lipinski definition) is 3. The van der Waals surface area contributed by atoms with E-state index in [0.29, 0.717) is 18.7 Å². The lowest BCUT2D eigenvalue weighted by atomic mass is 10.0. The molecule has 1 saturated heterocycles. The summed E-state index contributed by atoms with van der Waals surface area (Å²) >= 11 is 0. The van der Waals surface area contributed by atoms with Crippen molar-refractivity contribution in [2.24, 2.45) is 5.73 Å². The average molecular weight is 205 g/mol. The van der Waals surface area contributed by atoms with Crippen molar-refractivity contribution in [2.45, 2.75) is 12.1 Å². The molecule has 0 saturated carbocycles. The highest BCUT2D eigenvalue weighted by Crippen LogP contribution is 2.26. The average Bonchev–Trinajstić information content (AvgIpc) is 2.19. The molecule has 15 heavy (non-hydrogen) atoms. The number of likely N-dealkylation sites (tertiary alicyclic amines) is 1. The van der Waals surface area contributed by atoms with E-state index in [1.54, 1.807) is 18.2 Å². The molecule has 0 unspecified atom stereocenters. The Labute approximate surface area is 87.9 Å². The van der Waals surface area contributed by atoms with Gasteiger partial charge in [-0.2, -0.15) is 5.26 Å².